The maximum atomic E-state index is 11.8. The number of methoxy groups -OCH3 is 1. The van der Waals surface area contributed by atoms with E-state index in [2.05, 4.69) is 5.32 Å². The highest BCUT2D eigenvalue weighted by molar-refractivity contribution is 5.92. The summed E-state index contributed by atoms with van der Waals surface area (Å²) in [6.45, 7) is 3.64. The van der Waals surface area contributed by atoms with Crippen molar-refractivity contribution in [3.8, 4) is 5.75 Å². The highest BCUT2D eigenvalue weighted by atomic mass is 16.5. The summed E-state index contributed by atoms with van der Waals surface area (Å²) in [7, 11) is 1.46. The third-order valence-corrected chi connectivity index (χ3v) is 2.93. The molecule has 1 aromatic carbocycles. The van der Waals surface area contributed by atoms with Crippen molar-refractivity contribution in [1.82, 2.24) is 5.32 Å². The molecule has 0 aromatic heterocycles. The minimum Gasteiger partial charge on any atom is -0.495 e. The largest absolute Gasteiger partial charge is 0.495 e. The number of hydrogen-bond acceptors (Lipinski definition) is 5. The summed E-state index contributed by atoms with van der Waals surface area (Å²) in [5.74, 6) is -0.510. The topological polar surface area (TPSA) is 90.7 Å². The van der Waals surface area contributed by atoms with Gasteiger partial charge in [0, 0.05) is 6.04 Å². The molecule has 0 bridgehead atoms. The van der Waals surface area contributed by atoms with Gasteiger partial charge in [-0.3, -0.25) is 4.79 Å². The van der Waals surface area contributed by atoms with Crippen LogP contribution in [0.4, 0.5) is 5.69 Å². The van der Waals surface area contributed by atoms with Gasteiger partial charge in [0.15, 0.2) is 6.61 Å². The van der Waals surface area contributed by atoms with Crippen LogP contribution in [-0.2, 0) is 9.53 Å². The van der Waals surface area contributed by atoms with Gasteiger partial charge < -0.3 is 20.5 Å². The fourth-order valence-electron chi connectivity index (χ4n) is 1.87. The Labute approximate surface area is 124 Å². The Morgan fingerprint density at radius 3 is 2.71 bits per heavy atom. The lowest BCUT2D eigenvalue weighted by molar-refractivity contribution is -0.124. The van der Waals surface area contributed by atoms with Crippen LogP contribution in [0.25, 0.3) is 0 Å². The summed E-state index contributed by atoms with van der Waals surface area (Å²) in [4.78, 5) is 23.4. The number of rotatable bonds is 7. The van der Waals surface area contributed by atoms with Crippen molar-refractivity contribution in [3.63, 3.8) is 0 Å². The maximum absolute atomic E-state index is 11.8. The number of nitrogen functional groups attached to an aromatic ring is 1. The fourth-order valence-corrected chi connectivity index (χ4v) is 1.87. The lowest BCUT2D eigenvalue weighted by atomic mass is 10.2. The van der Waals surface area contributed by atoms with Crippen LogP contribution in [0.1, 0.15) is 37.0 Å². The van der Waals surface area contributed by atoms with Crippen LogP contribution in [0, 0.1) is 0 Å². The highest BCUT2D eigenvalue weighted by Crippen LogP contribution is 2.22. The Hall–Kier alpha value is -2.24. The van der Waals surface area contributed by atoms with Gasteiger partial charge in [0.25, 0.3) is 5.91 Å². The first-order valence-corrected chi connectivity index (χ1v) is 6.88. The van der Waals surface area contributed by atoms with Gasteiger partial charge in [0.2, 0.25) is 0 Å². The predicted octanol–water partition coefficient (Wildman–Crippen LogP) is 1.74. The predicted molar refractivity (Wildman–Crippen MR) is 80.2 cm³/mol. The Bertz CT molecular complexity index is 502. The van der Waals surface area contributed by atoms with E-state index in [0.29, 0.717) is 11.4 Å². The third kappa shape index (κ3) is 5.33. The summed E-state index contributed by atoms with van der Waals surface area (Å²) in [5.41, 5.74) is 6.38. The Morgan fingerprint density at radius 2 is 2.10 bits per heavy atom. The van der Waals surface area contributed by atoms with Crippen molar-refractivity contribution in [1.29, 1.82) is 0 Å². The second kappa shape index (κ2) is 8.14. The molecule has 21 heavy (non-hydrogen) atoms. The summed E-state index contributed by atoms with van der Waals surface area (Å²) < 4.78 is 9.99. The molecule has 6 heteroatoms. The fraction of sp³-hybridized carbons (Fsp3) is 0.467. The lowest BCUT2D eigenvalue weighted by Crippen LogP contribution is -2.35. The van der Waals surface area contributed by atoms with Gasteiger partial charge in [-0.1, -0.05) is 13.3 Å². The van der Waals surface area contributed by atoms with E-state index >= 15 is 0 Å². The molecular formula is C15H22N2O4. The van der Waals surface area contributed by atoms with Crippen LogP contribution in [0.5, 0.6) is 5.75 Å². The van der Waals surface area contributed by atoms with Crippen LogP contribution >= 0.6 is 0 Å². The van der Waals surface area contributed by atoms with Crippen molar-refractivity contribution in [2.24, 2.45) is 0 Å². The van der Waals surface area contributed by atoms with Gasteiger partial charge in [-0.15, -0.1) is 0 Å². The van der Waals surface area contributed by atoms with Gasteiger partial charge in [-0.2, -0.15) is 0 Å². The van der Waals surface area contributed by atoms with Crippen molar-refractivity contribution in [2.45, 2.75) is 32.7 Å². The molecule has 0 aliphatic heterocycles. The molecule has 0 aliphatic carbocycles. The van der Waals surface area contributed by atoms with Crippen LogP contribution in [0.3, 0.4) is 0 Å². The number of carbonyl (C=O) groups is 2. The summed E-state index contributed by atoms with van der Waals surface area (Å²) in [5, 5.41) is 2.76. The van der Waals surface area contributed by atoms with E-state index in [1.165, 1.54) is 19.2 Å². The molecule has 0 saturated heterocycles. The molecule has 0 fully saturated rings. The number of ether oxygens (including phenoxy) is 2. The number of nitrogens with two attached hydrogens (primary N) is 1. The summed E-state index contributed by atoms with van der Waals surface area (Å²) in [6.07, 6.45) is 1.86. The van der Waals surface area contributed by atoms with Gasteiger partial charge in [0.1, 0.15) is 5.75 Å². The monoisotopic (exact) mass is 294 g/mol. The van der Waals surface area contributed by atoms with Crippen LogP contribution < -0.4 is 15.8 Å². The molecule has 0 spiro atoms. The van der Waals surface area contributed by atoms with E-state index in [4.69, 9.17) is 15.2 Å². The molecule has 1 aromatic rings. The zero-order valence-corrected chi connectivity index (χ0v) is 12.6. The molecule has 0 aliphatic rings. The molecule has 1 amide bonds. The number of amides is 1. The van der Waals surface area contributed by atoms with E-state index < -0.39 is 5.97 Å². The Kier molecular flexibility index (Phi) is 6.52. The molecule has 0 heterocycles. The quantitative estimate of drug-likeness (QED) is 0.590. The van der Waals surface area contributed by atoms with Crippen molar-refractivity contribution in [3.05, 3.63) is 23.8 Å². The molecule has 1 rings (SSSR count). The van der Waals surface area contributed by atoms with Gasteiger partial charge >= 0.3 is 5.97 Å². The normalized spacial score (nSPS) is 11.6. The van der Waals surface area contributed by atoms with Crippen molar-refractivity contribution >= 4 is 17.6 Å². The lowest BCUT2D eigenvalue weighted by Gasteiger charge is -2.13. The number of hydrogen-bond donors (Lipinski definition) is 2. The van der Waals surface area contributed by atoms with Crippen molar-refractivity contribution in [2.75, 3.05) is 19.5 Å². The number of carbonyl (C=O) groups excluding carboxylic acids is 2. The standard InChI is InChI=1S/C15H22N2O4/c1-4-5-10(2)17-14(18)9-21-15(19)11-6-7-12(16)13(8-11)20-3/h6-8,10H,4-5,9,16H2,1-3H3,(H,17,18). The minimum atomic E-state index is -0.591. The second-order valence-electron chi connectivity index (χ2n) is 4.79. The minimum absolute atomic E-state index is 0.0674. The SMILES string of the molecule is CCCC(C)NC(=O)COC(=O)c1ccc(N)c(OC)c1. The maximum Gasteiger partial charge on any atom is 0.338 e. The van der Waals surface area contributed by atoms with Crippen molar-refractivity contribution < 1.29 is 19.1 Å². The highest BCUT2D eigenvalue weighted by Gasteiger charge is 2.13. The molecule has 1 atom stereocenters. The summed E-state index contributed by atoms with van der Waals surface area (Å²) in [6, 6.07) is 4.63. The molecule has 1 unspecified atom stereocenters. The van der Waals surface area contributed by atoms with Gasteiger partial charge in [-0.25, -0.2) is 4.79 Å². The molecule has 0 saturated carbocycles. The Morgan fingerprint density at radius 1 is 1.38 bits per heavy atom. The van der Waals surface area contributed by atoms with E-state index in [9.17, 15) is 9.59 Å². The summed E-state index contributed by atoms with van der Waals surface area (Å²) >= 11 is 0. The molecule has 6 nitrogen and oxygen atoms in total. The third-order valence-electron chi connectivity index (χ3n) is 2.93. The average Bonchev–Trinajstić information content (AvgIpc) is 2.45. The van der Waals surface area contributed by atoms with Crippen LogP contribution in [-0.4, -0.2) is 31.6 Å². The van der Waals surface area contributed by atoms with Gasteiger partial charge in [-0.05, 0) is 31.5 Å². The zero-order valence-electron chi connectivity index (χ0n) is 12.6. The molecule has 0 radical (unpaired) electrons. The van der Waals surface area contributed by atoms with E-state index in [1.54, 1.807) is 6.07 Å². The first kappa shape index (κ1) is 16.8. The number of nitrogens with one attached hydrogen (secondary N) is 1. The second-order valence-corrected chi connectivity index (χ2v) is 4.79. The molecule has 3 N–H and O–H groups in total. The van der Waals surface area contributed by atoms with Crippen LogP contribution in [0.15, 0.2) is 18.2 Å². The van der Waals surface area contributed by atoms with E-state index in [-0.39, 0.29) is 24.1 Å². The van der Waals surface area contributed by atoms with Crippen LogP contribution in [0.2, 0.25) is 0 Å². The Balaban J connectivity index is 2.52. The molecule has 116 valence electrons. The zero-order chi connectivity index (χ0) is 15.8. The first-order valence-electron chi connectivity index (χ1n) is 6.88. The average molecular weight is 294 g/mol. The first-order chi connectivity index (χ1) is 9.97. The van der Waals surface area contributed by atoms with E-state index in [0.717, 1.165) is 12.8 Å². The number of anilines is 1. The van der Waals surface area contributed by atoms with E-state index in [1.807, 2.05) is 13.8 Å². The number of benzene rings is 1. The smallest absolute Gasteiger partial charge is 0.338 e. The van der Waals surface area contributed by atoms with Gasteiger partial charge in [0.05, 0.1) is 18.4 Å². The number of esters is 1. The molecular weight excluding hydrogens is 272 g/mol.